The van der Waals surface area contributed by atoms with Gasteiger partial charge in [0.2, 0.25) is 0 Å². The number of nitrogens with zero attached hydrogens (tertiary/aromatic N) is 1. The van der Waals surface area contributed by atoms with Crippen molar-refractivity contribution in [2.75, 3.05) is 0 Å². The second-order valence-corrected chi connectivity index (χ2v) is 16.6. The fourth-order valence-corrected chi connectivity index (χ4v) is 11.0. The van der Waals surface area contributed by atoms with Crippen molar-refractivity contribution in [3.05, 3.63) is 181 Å². The highest BCUT2D eigenvalue weighted by Crippen LogP contribution is 2.55. The Kier molecular flexibility index (Phi) is 8.13. The summed E-state index contributed by atoms with van der Waals surface area (Å²) in [4.78, 5) is 0. The lowest BCUT2D eigenvalue weighted by Crippen LogP contribution is -2.73. The molecule has 2 bridgehead atoms. The van der Waals surface area contributed by atoms with Crippen LogP contribution in [0, 0.1) is 0 Å². The van der Waals surface area contributed by atoms with Crippen LogP contribution in [0.3, 0.4) is 0 Å². The Morgan fingerprint density at radius 2 is 1.53 bits per heavy atom. The molecule has 12 rings (SSSR count). The Morgan fingerprint density at radius 3 is 2.35 bits per heavy atom. The van der Waals surface area contributed by atoms with Crippen LogP contribution in [0.25, 0.3) is 76.7 Å². The average Bonchev–Trinajstić information content (AvgIpc) is 3.65. The second kappa shape index (κ2) is 13.2. The molecule has 2 nitrogen and oxygen atoms in total. The Morgan fingerprint density at radius 1 is 0.800 bits per heavy atom. The van der Waals surface area contributed by atoms with E-state index in [1.807, 2.05) is 29.6 Å². The summed E-state index contributed by atoms with van der Waals surface area (Å²) in [5.41, 5.74) is 14.0. The number of thiophene rings is 1. The lowest BCUT2D eigenvalue weighted by atomic mass is 9.59. The van der Waals surface area contributed by atoms with Gasteiger partial charge < -0.3 is 4.57 Å². The summed E-state index contributed by atoms with van der Waals surface area (Å²) in [5, 5.41) is 7.83. The minimum atomic E-state index is 0.0635. The molecule has 5 aliphatic rings. The first-order valence-electron chi connectivity index (χ1n) is 19.6. The first-order valence-corrected chi connectivity index (χ1v) is 20.4. The summed E-state index contributed by atoms with van der Waals surface area (Å²) >= 11 is 1.86. The molecule has 2 aliphatic carbocycles. The molecule has 1 saturated carbocycles. The number of aromatic nitrogens is 1. The molecule has 0 spiro atoms. The summed E-state index contributed by atoms with van der Waals surface area (Å²) in [6.45, 7) is 10.3. The van der Waals surface area contributed by atoms with E-state index in [4.69, 9.17) is 0 Å². The zero-order chi connectivity index (χ0) is 37.1. The Labute approximate surface area is 327 Å². The summed E-state index contributed by atoms with van der Waals surface area (Å²) in [5.74, 6) is 0. The number of rotatable bonds is 9. The van der Waals surface area contributed by atoms with Gasteiger partial charge in [-0.15, -0.1) is 11.3 Å². The van der Waals surface area contributed by atoms with E-state index < -0.39 is 0 Å². The smallest absolute Gasteiger partial charge is 0.0541 e. The zero-order valence-corrected chi connectivity index (χ0v) is 32.1. The van der Waals surface area contributed by atoms with Gasteiger partial charge in [-0.25, -0.2) is 0 Å². The fourth-order valence-electron chi connectivity index (χ4n) is 9.95. The van der Waals surface area contributed by atoms with Crippen LogP contribution in [0.1, 0.15) is 55.0 Å². The van der Waals surface area contributed by atoms with Gasteiger partial charge in [0.15, 0.2) is 0 Å². The van der Waals surface area contributed by atoms with E-state index in [0.29, 0.717) is 0 Å². The van der Waals surface area contributed by atoms with E-state index in [9.17, 15) is 0 Å². The summed E-state index contributed by atoms with van der Waals surface area (Å²) < 4.78 is 5.02. The third-order valence-electron chi connectivity index (χ3n) is 12.3. The van der Waals surface area contributed by atoms with Crippen molar-refractivity contribution < 1.29 is 0 Å². The molecule has 2 saturated heterocycles. The van der Waals surface area contributed by atoms with Crippen LogP contribution >= 0.6 is 11.3 Å². The van der Waals surface area contributed by atoms with Crippen molar-refractivity contribution in [3.63, 3.8) is 0 Å². The van der Waals surface area contributed by atoms with Gasteiger partial charge in [-0.1, -0.05) is 122 Å². The normalized spacial score (nSPS) is 20.3. The van der Waals surface area contributed by atoms with Crippen LogP contribution in [0.5, 0.6) is 0 Å². The maximum Gasteiger partial charge on any atom is 0.0541 e. The highest BCUT2D eigenvalue weighted by Gasteiger charge is 2.58. The van der Waals surface area contributed by atoms with Gasteiger partial charge in [0.05, 0.1) is 11.2 Å². The van der Waals surface area contributed by atoms with Crippen LogP contribution in [0.2, 0.25) is 0 Å². The molecule has 1 N–H and O–H groups in total. The average molecular weight is 729 g/mol. The Hall–Kier alpha value is -5.74. The van der Waals surface area contributed by atoms with Crippen molar-refractivity contribution in [1.82, 2.24) is 9.88 Å². The van der Waals surface area contributed by atoms with E-state index in [2.05, 4.69) is 170 Å². The standard InChI is InChI=1S/C52H44N2S/c1-4-7-8-16-35-17-9-10-18-40(35)36-23-26-49-44(32-36)45-33-38(24-27-50(45)55-49)54-47(15-5-2)39(6-3)43-31-37(22-25-48(43)54)41-19-11-12-20-42(41)46-21-13-28-51-29-14-30-52(46,34-51)53-51/h4-13,15,17-28,31-33,53H,1,3,14,16,29-30,34H2,2H3/b8-7-,15-5-. The predicted octanol–water partition coefficient (Wildman–Crippen LogP) is 13.9. The highest BCUT2D eigenvalue weighted by atomic mass is 32.1. The molecule has 3 heteroatoms. The van der Waals surface area contributed by atoms with Gasteiger partial charge >= 0.3 is 0 Å². The van der Waals surface area contributed by atoms with Gasteiger partial charge in [-0.05, 0) is 127 Å². The van der Waals surface area contributed by atoms with Gasteiger partial charge in [-0.3, -0.25) is 5.32 Å². The maximum atomic E-state index is 4.36. The molecule has 5 heterocycles. The first kappa shape index (κ1) is 33.8. The van der Waals surface area contributed by atoms with Crippen molar-refractivity contribution in [2.24, 2.45) is 0 Å². The molecule has 3 aliphatic heterocycles. The molecule has 2 aromatic heterocycles. The Balaban J connectivity index is 1.10. The Bertz CT molecular complexity index is 2820. The monoisotopic (exact) mass is 728 g/mol. The number of nitrogens with one attached hydrogen (secondary N) is 1. The zero-order valence-electron chi connectivity index (χ0n) is 31.3. The molecule has 3 fully saturated rings. The lowest BCUT2D eigenvalue weighted by molar-refractivity contribution is 0.0654. The SMILES string of the molecule is C=C/C=C\Cc1ccccc1-c1ccc2sc3ccc(-n4c(/C=C\C)c(C=C)c5cc(-c6ccccc6C6=CC=CC78CCCC6(C7)N8)ccc54)cc3c2c1. The fraction of sp³-hybridized carbons (Fsp3) is 0.154. The third kappa shape index (κ3) is 5.40. The molecule has 0 amide bonds. The first-order chi connectivity index (χ1) is 27.0. The molecule has 7 aromatic rings. The molecular formula is C52H44N2S. The van der Waals surface area contributed by atoms with Crippen LogP contribution < -0.4 is 5.32 Å². The van der Waals surface area contributed by atoms with Gasteiger partial charge in [0.25, 0.3) is 0 Å². The number of hydrogen-bond acceptors (Lipinski definition) is 2. The summed E-state index contributed by atoms with van der Waals surface area (Å²) in [6.07, 6.45) is 25.3. The van der Waals surface area contributed by atoms with Crippen molar-refractivity contribution in [2.45, 2.75) is 50.1 Å². The molecule has 268 valence electrons. The quantitative estimate of drug-likeness (QED) is 0.146. The van der Waals surface area contributed by atoms with Crippen molar-refractivity contribution in [1.29, 1.82) is 0 Å². The molecule has 2 atom stereocenters. The van der Waals surface area contributed by atoms with E-state index in [0.717, 1.165) is 23.4 Å². The lowest BCUT2D eigenvalue weighted by Gasteiger charge is -2.61. The van der Waals surface area contributed by atoms with Crippen LogP contribution in [0.15, 0.2) is 159 Å². The molecule has 55 heavy (non-hydrogen) atoms. The van der Waals surface area contributed by atoms with Crippen molar-refractivity contribution in [3.8, 4) is 27.9 Å². The van der Waals surface area contributed by atoms with Gasteiger partial charge in [-0.2, -0.15) is 0 Å². The van der Waals surface area contributed by atoms with E-state index in [1.165, 1.54) is 95.7 Å². The molecular weight excluding hydrogens is 685 g/mol. The summed E-state index contributed by atoms with van der Waals surface area (Å²) in [6, 6.07) is 38.7. The highest BCUT2D eigenvalue weighted by molar-refractivity contribution is 7.25. The minimum absolute atomic E-state index is 0.0635. The van der Waals surface area contributed by atoms with Gasteiger partial charge in [0, 0.05) is 47.9 Å². The minimum Gasteiger partial charge on any atom is -0.309 e. The van der Waals surface area contributed by atoms with Crippen LogP contribution in [-0.2, 0) is 6.42 Å². The molecule has 5 aromatic carbocycles. The molecule has 2 unspecified atom stereocenters. The number of hydrogen-bond donors (Lipinski definition) is 1. The number of fused-ring (bicyclic) bond motifs is 7. The topological polar surface area (TPSA) is 17.0 Å². The van der Waals surface area contributed by atoms with Crippen LogP contribution in [-0.4, -0.2) is 15.6 Å². The number of benzene rings is 5. The summed E-state index contributed by atoms with van der Waals surface area (Å²) in [7, 11) is 0. The largest absolute Gasteiger partial charge is 0.309 e. The van der Waals surface area contributed by atoms with E-state index in [-0.39, 0.29) is 11.1 Å². The van der Waals surface area contributed by atoms with E-state index in [1.54, 1.807) is 0 Å². The third-order valence-corrected chi connectivity index (χ3v) is 13.4. The predicted molar refractivity (Wildman–Crippen MR) is 239 cm³/mol. The van der Waals surface area contributed by atoms with Crippen molar-refractivity contribution >= 4 is 60.1 Å². The maximum absolute atomic E-state index is 4.36. The second-order valence-electron chi connectivity index (χ2n) is 15.5. The van der Waals surface area contributed by atoms with Gasteiger partial charge in [0.1, 0.15) is 0 Å². The molecule has 0 radical (unpaired) electrons. The number of piperidine rings is 1. The van der Waals surface area contributed by atoms with E-state index >= 15 is 0 Å². The number of allylic oxidation sites excluding steroid dienone is 6. The van der Waals surface area contributed by atoms with Crippen LogP contribution in [0.4, 0.5) is 0 Å².